The lowest BCUT2D eigenvalue weighted by atomic mass is 10.2. The zero-order valence-corrected chi connectivity index (χ0v) is 10.3. The molecule has 1 nitrogen and oxygen atoms in total. The van der Waals surface area contributed by atoms with Gasteiger partial charge in [-0.2, -0.15) is 0 Å². The van der Waals surface area contributed by atoms with Crippen molar-refractivity contribution < 1.29 is 0 Å². The highest BCUT2D eigenvalue weighted by molar-refractivity contribution is 9.10. The Balaban J connectivity index is 2.78. The van der Waals surface area contributed by atoms with Gasteiger partial charge in [0.2, 0.25) is 0 Å². The third kappa shape index (κ3) is 3.62. The average Bonchev–Trinajstić information content (AvgIpc) is 2.20. The molecular formula is C12H16BrN. The number of rotatable bonds is 4. The van der Waals surface area contributed by atoms with Crippen LogP contribution >= 0.6 is 15.9 Å². The van der Waals surface area contributed by atoms with Crippen LogP contribution in [0.1, 0.15) is 33.1 Å². The van der Waals surface area contributed by atoms with Crippen molar-refractivity contribution in [3.8, 4) is 0 Å². The summed E-state index contributed by atoms with van der Waals surface area (Å²) in [6, 6.07) is 8.13. The van der Waals surface area contributed by atoms with Crippen molar-refractivity contribution in [3.05, 3.63) is 28.7 Å². The van der Waals surface area contributed by atoms with Crippen molar-refractivity contribution in [2.24, 2.45) is 4.99 Å². The largest absolute Gasteiger partial charge is 0.258 e. The fourth-order valence-electron chi connectivity index (χ4n) is 1.30. The maximum Gasteiger partial charge on any atom is 0.0629 e. The molecule has 0 amide bonds. The maximum atomic E-state index is 4.60. The van der Waals surface area contributed by atoms with Crippen molar-refractivity contribution in [2.45, 2.75) is 33.1 Å². The Morgan fingerprint density at radius 1 is 1.21 bits per heavy atom. The number of halogens is 1. The Kier molecular flexibility index (Phi) is 4.88. The molecule has 0 bridgehead atoms. The summed E-state index contributed by atoms with van der Waals surface area (Å²) >= 11 is 3.41. The Bertz CT molecular complexity index is 301. The molecule has 0 atom stereocenters. The molecule has 0 fully saturated rings. The third-order valence-corrected chi connectivity index (χ3v) is 2.59. The smallest absolute Gasteiger partial charge is 0.0629 e. The third-order valence-electron chi connectivity index (χ3n) is 2.06. The summed E-state index contributed by atoms with van der Waals surface area (Å²) in [5, 5.41) is 0. The number of nitrogens with zero attached hydrogens (tertiary/aromatic N) is 1. The quantitative estimate of drug-likeness (QED) is 0.688. The highest BCUT2D eigenvalue weighted by atomic mass is 79.9. The van der Waals surface area contributed by atoms with E-state index in [-0.39, 0.29) is 0 Å². The van der Waals surface area contributed by atoms with Crippen molar-refractivity contribution in [1.29, 1.82) is 0 Å². The minimum Gasteiger partial charge on any atom is -0.258 e. The van der Waals surface area contributed by atoms with E-state index in [0.29, 0.717) is 0 Å². The van der Waals surface area contributed by atoms with Crippen molar-refractivity contribution in [2.75, 3.05) is 0 Å². The second-order valence-corrected chi connectivity index (χ2v) is 4.17. The van der Waals surface area contributed by atoms with Gasteiger partial charge in [0, 0.05) is 10.2 Å². The molecule has 0 aliphatic heterocycles. The lowest BCUT2D eigenvalue weighted by Crippen LogP contribution is -1.93. The van der Waals surface area contributed by atoms with Crippen molar-refractivity contribution in [1.82, 2.24) is 0 Å². The highest BCUT2D eigenvalue weighted by Crippen LogP contribution is 2.18. The normalized spacial score (nSPS) is 11.8. The summed E-state index contributed by atoms with van der Waals surface area (Å²) in [4.78, 5) is 4.60. The zero-order chi connectivity index (χ0) is 10.4. The van der Waals surface area contributed by atoms with Crippen LogP contribution in [-0.4, -0.2) is 5.71 Å². The number of benzene rings is 1. The number of hydrogen-bond donors (Lipinski definition) is 0. The predicted molar refractivity (Wildman–Crippen MR) is 66.4 cm³/mol. The predicted octanol–water partition coefficient (Wildman–Crippen LogP) is 4.73. The molecule has 0 aliphatic carbocycles. The van der Waals surface area contributed by atoms with Gasteiger partial charge >= 0.3 is 0 Å². The van der Waals surface area contributed by atoms with Gasteiger partial charge in [-0.05, 0) is 37.1 Å². The fourth-order valence-corrected chi connectivity index (χ4v) is 1.56. The van der Waals surface area contributed by atoms with Crippen LogP contribution in [-0.2, 0) is 0 Å². The van der Waals surface area contributed by atoms with E-state index in [2.05, 4.69) is 34.8 Å². The average molecular weight is 254 g/mol. The van der Waals surface area contributed by atoms with Crippen LogP contribution in [0.5, 0.6) is 0 Å². The van der Waals surface area contributed by atoms with Crippen LogP contribution in [0, 0.1) is 0 Å². The topological polar surface area (TPSA) is 12.4 Å². The van der Waals surface area contributed by atoms with Gasteiger partial charge in [0.25, 0.3) is 0 Å². The lowest BCUT2D eigenvalue weighted by Gasteiger charge is -2.01. The first-order chi connectivity index (χ1) is 6.76. The van der Waals surface area contributed by atoms with Gasteiger partial charge in [-0.3, -0.25) is 4.99 Å². The number of hydrogen-bond acceptors (Lipinski definition) is 1. The van der Waals surface area contributed by atoms with E-state index in [0.717, 1.165) is 23.0 Å². The highest BCUT2D eigenvalue weighted by Gasteiger charge is 1.95. The SMILES string of the molecule is CCCC(CC)=Nc1ccc(Br)cc1. The minimum atomic E-state index is 1.05. The molecule has 0 spiro atoms. The first-order valence-electron chi connectivity index (χ1n) is 5.08. The van der Waals surface area contributed by atoms with Gasteiger partial charge in [0.1, 0.15) is 0 Å². The van der Waals surface area contributed by atoms with Crippen LogP contribution in [0.15, 0.2) is 33.7 Å². The van der Waals surface area contributed by atoms with E-state index in [9.17, 15) is 0 Å². The molecule has 14 heavy (non-hydrogen) atoms. The molecule has 1 rings (SSSR count). The molecule has 0 radical (unpaired) electrons. The summed E-state index contributed by atoms with van der Waals surface area (Å²) in [7, 11) is 0. The second-order valence-electron chi connectivity index (χ2n) is 3.26. The van der Waals surface area contributed by atoms with Gasteiger partial charge < -0.3 is 0 Å². The molecular weight excluding hydrogens is 238 g/mol. The Morgan fingerprint density at radius 2 is 1.86 bits per heavy atom. The fraction of sp³-hybridized carbons (Fsp3) is 0.417. The van der Waals surface area contributed by atoms with E-state index in [1.807, 2.05) is 24.3 Å². The Morgan fingerprint density at radius 3 is 2.36 bits per heavy atom. The summed E-state index contributed by atoms with van der Waals surface area (Å²) in [6.07, 6.45) is 3.32. The number of aliphatic imine (C=N–C) groups is 1. The van der Waals surface area contributed by atoms with E-state index in [1.54, 1.807) is 0 Å². The van der Waals surface area contributed by atoms with Crippen molar-refractivity contribution >= 4 is 27.3 Å². The molecule has 0 N–H and O–H groups in total. The Labute approximate surface area is 94.4 Å². The zero-order valence-electron chi connectivity index (χ0n) is 8.76. The van der Waals surface area contributed by atoms with Gasteiger partial charge in [-0.15, -0.1) is 0 Å². The van der Waals surface area contributed by atoms with E-state index in [4.69, 9.17) is 0 Å². The molecule has 0 unspecified atom stereocenters. The Hall–Kier alpha value is -0.630. The molecule has 0 heterocycles. The molecule has 0 saturated heterocycles. The molecule has 0 aromatic heterocycles. The van der Waals surface area contributed by atoms with Gasteiger partial charge in [-0.25, -0.2) is 0 Å². The van der Waals surface area contributed by atoms with E-state index < -0.39 is 0 Å². The van der Waals surface area contributed by atoms with Crippen LogP contribution in [0.3, 0.4) is 0 Å². The van der Waals surface area contributed by atoms with E-state index >= 15 is 0 Å². The van der Waals surface area contributed by atoms with Crippen molar-refractivity contribution in [3.63, 3.8) is 0 Å². The summed E-state index contributed by atoms with van der Waals surface area (Å²) in [5.74, 6) is 0. The van der Waals surface area contributed by atoms with Gasteiger partial charge in [-0.1, -0.05) is 36.2 Å². The lowest BCUT2D eigenvalue weighted by molar-refractivity contribution is 0.966. The molecule has 1 aromatic carbocycles. The van der Waals surface area contributed by atoms with Crippen LogP contribution in [0.25, 0.3) is 0 Å². The van der Waals surface area contributed by atoms with Crippen LogP contribution in [0.2, 0.25) is 0 Å². The van der Waals surface area contributed by atoms with Gasteiger partial charge in [0.05, 0.1) is 5.69 Å². The van der Waals surface area contributed by atoms with E-state index in [1.165, 1.54) is 12.1 Å². The molecule has 1 aromatic rings. The summed E-state index contributed by atoms with van der Waals surface area (Å²) in [5.41, 5.74) is 2.34. The van der Waals surface area contributed by atoms with Gasteiger partial charge in [0.15, 0.2) is 0 Å². The summed E-state index contributed by atoms with van der Waals surface area (Å²) < 4.78 is 1.10. The molecule has 0 aliphatic rings. The standard InChI is InChI=1S/C12H16BrN/c1-3-5-11(4-2)14-12-8-6-10(13)7-9-12/h6-9H,3-5H2,1-2H3. The maximum absolute atomic E-state index is 4.60. The minimum absolute atomic E-state index is 1.05. The van der Waals surface area contributed by atoms with Crippen LogP contribution in [0.4, 0.5) is 5.69 Å². The summed E-state index contributed by atoms with van der Waals surface area (Å²) in [6.45, 7) is 4.35. The molecule has 0 saturated carbocycles. The molecule has 2 heteroatoms. The molecule has 76 valence electrons. The van der Waals surface area contributed by atoms with Crippen LogP contribution < -0.4 is 0 Å². The first kappa shape index (κ1) is 11.4. The first-order valence-corrected chi connectivity index (χ1v) is 5.87. The second kappa shape index (κ2) is 5.97. The monoisotopic (exact) mass is 253 g/mol.